The van der Waals surface area contributed by atoms with Crippen molar-refractivity contribution in [2.24, 2.45) is 4.99 Å². The smallest absolute Gasteiger partial charge is 0.273 e. The molecule has 74 valence electrons. The number of hydrogen-bond acceptors (Lipinski definition) is 4. The van der Waals surface area contributed by atoms with Gasteiger partial charge in [0.2, 0.25) is 0 Å². The first-order valence-electron chi connectivity index (χ1n) is 4.10. The summed E-state index contributed by atoms with van der Waals surface area (Å²) in [6.45, 7) is 4.11. The van der Waals surface area contributed by atoms with E-state index in [1.54, 1.807) is 6.07 Å². The van der Waals surface area contributed by atoms with Crippen molar-refractivity contribution in [3.05, 3.63) is 24.0 Å². The molecule has 0 spiro atoms. The van der Waals surface area contributed by atoms with Crippen molar-refractivity contribution in [2.75, 3.05) is 13.1 Å². The number of aromatic nitrogens is 1. The van der Waals surface area contributed by atoms with E-state index in [0.717, 1.165) is 0 Å². The highest BCUT2D eigenvalue weighted by atomic mass is 16.3. The minimum atomic E-state index is -0.410. The number of amides is 1. The fraction of sp³-hybridized carbons (Fsp3) is 0.222. The van der Waals surface area contributed by atoms with Gasteiger partial charge in [-0.3, -0.25) is 9.79 Å². The quantitative estimate of drug-likeness (QED) is 0.530. The molecular formula is C9H11N3O2. The van der Waals surface area contributed by atoms with Crippen LogP contribution in [0.5, 0.6) is 5.75 Å². The van der Waals surface area contributed by atoms with E-state index in [4.69, 9.17) is 0 Å². The van der Waals surface area contributed by atoms with Gasteiger partial charge in [0.05, 0.1) is 6.54 Å². The molecule has 0 fully saturated rings. The summed E-state index contributed by atoms with van der Waals surface area (Å²) in [7, 11) is 0. The SMILES string of the molecule is C=NCCNC(=O)c1ncccc1O. The molecule has 1 aromatic rings. The van der Waals surface area contributed by atoms with Crippen LogP contribution in [0.25, 0.3) is 0 Å². The first-order chi connectivity index (χ1) is 6.75. The Labute approximate surface area is 81.5 Å². The van der Waals surface area contributed by atoms with E-state index in [2.05, 4.69) is 22.0 Å². The summed E-state index contributed by atoms with van der Waals surface area (Å²) in [5.74, 6) is -0.539. The number of nitrogens with one attached hydrogen (secondary N) is 1. The lowest BCUT2D eigenvalue weighted by molar-refractivity contribution is 0.0947. The van der Waals surface area contributed by atoms with E-state index in [1.165, 1.54) is 12.3 Å². The number of carbonyl (C=O) groups is 1. The van der Waals surface area contributed by atoms with Gasteiger partial charge in [-0.25, -0.2) is 4.98 Å². The number of aliphatic imine (C=N–C) groups is 1. The molecule has 0 radical (unpaired) electrons. The summed E-state index contributed by atoms with van der Waals surface area (Å²) in [6.07, 6.45) is 1.44. The van der Waals surface area contributed by atoms with Crippen molar-refractivity contribution in [1.82, 2.24) is 10.3 Å². The molecule has 1 amide bonds. The van der Waals surface area contributed by atoms with Gasteiger partial charge in [-0.1, -0.05) is 0 Å². The first kappa shape index (κ1) is 10.2. The predicted octanol–water partition coefficient (Wildman–Crippen LogP) is 0.218. The summed E-state index contributed by atoms with van der Waals surface area (Å²) >= 11 is 0. The Morgan fingerprint density at radius 3 is 3.14 bits per heavy atom. The van der Waals surface area contributed by atoms with Crippen LogP contribution in [0.3, 0.4) is 0 Å². The van der Waals surface area contributed by atoms with E-state index in [0.29, 0.717) is 13.1 Å². The molecule has 0 bridgehead atoms. The number of pyridine rings is 1. The highest BCUT2D eigenvalue weighted by Gasteiger charge is 2.10. The summed E-state index contributed by atoms with van der Waals surface area (Å²) in [5.41, 5.74) is 0.0246. The van der Waals surface area contributed by atoms with Gasteiger partial charge in [0.25, 0.3) is 5.91 Å². The average Bonchev–Trinajstić information content (AvgIpc) is 2.18. The molecule has 5 nitrogen and oxygen atoms in total. The van der Waals surface area contributed by atoms with Crippen molar-refractivity contribution in [3.63, 3.8) is 0 Å². The van der Waals surface area contributed by atoms with Gasteiger partial charge >= 0.3 is 0 Å². The second-order valence-corrected chi connectivity index (χ2v) is 2.57. The standard InChI is InChI=1S/C9H11N3O2/c1-10-5-6-12-9(14)8-7(13)3-2-4-11-8/h2-4,13H,1,5-6H2,(H,12,14). The second kappa shape index (κ2) is 4.96. The molecule has 0 aliphatic carbocycles. The average molecular weight is 193 g/mol. The van der Waals surface area contributed by atoms with E-state index in [1.807, 2.05) is 0 Å². The minimum absolute atomic E-state index is 0.0246. The Morgan fingerprint density at radius 1 is 1.71 bits per heavy atom. The molecule has 2 N–H and O–H groups in total. The van der Waals surface area contributed by atoms with Crippen LogP contribution in [-0.2, 0) is 0 Å². The molecule has 1 heterocycles. The van der Waals surface area contributed by atoms with Crippen LogP contribution in [0.1, 0.15) is 10.5 Å². The second-order valence-electron chi connectivity index (χ2n) is 2.57. The van der Waals surface area contributed by atoms with Crippen LogP contribution in [-0.4, -0.2) is 35.8 Å². The molecule has 0 atom stereocenters. The highest BCUT2D eigenvalue weighted by molar-refractivity contribution is 5.94. The van der Waals surface area contributed by atoms with E-state index in [9.17, 15) is 9.90 Å². The highest BCUT2D eigenvalue weighted by Crippen LogP contribution is 2.11. The summed E-state index contributed by atoms with van der Waals surface area (Å²) in [6, 6.07) is 2.96. The lowest BCUT2D eigenvalue weighted by atomic mass is 10.3. The van der Waals surface area contributed by atoms with Gasteiger partial charge in [0.15, 0.2) is 5.69 Å². The normalized spacial score (nSPS) is 9.43. The molecule has 0 aliphatic rings. The van der Waals surface area contributed by atoms with Gasteiger partial charge < -0.3 is 10.4 Å². The van der Waals surface area contributed by atoms with Crippen molar-refractivity contribution >= 4 is 12.6 Å². The van der Waals surface area contributed by atoms with Crippen molar-refractivity contribution in [3.8, 4) is 5.75 Å². The van der Waals surface area contributed by atoms with Crippen LogP contribution in [0, 0.1) is 0 Å². The number of nitrogens with zero attached hydrogens (tertiary/aromatic N) is 2. The maximum Gasteiger partial charge on any atom is 0.273 e. The number of aromatic hydroxyl groups is 1. The Balaban J connectivity index is 2.60. The number of rotatable bonds is 4. The molecule has 0 saturated carbocycles. The third-order valence-electron chi connectivity index (χ3n) is 1.56. The monoisotopic (exact) mass is 193 g/mol. The zero-order chi connectivity index (χ0) is 10.4. The lowest BCUT2D eigenvalue weighted by Crippen LogP contribution is -2.26. The molecule has 0 aliphatic heterocycles. The van der Waals surface area contributed by atoms with Crippen molar-refractivity contribution in [1.29, 1.82) is 0 Å². The molecular weight excluding hydrogens is 182 g/mol. The Hall–Kier alpha value is -1.91. The Kier molecular flexibility index (Phi) is 3.60. The Bertz CT molecular complexity index is 339. The van der Waals surface area contributed by atoms with Crippen LogP contribution in [0.2, 0.25) is 0 Å². The van der Waals surface area contributed by atoms with Crippen LogP contribution in [0.4, 0.5) is 0 Å². The molecule has 1 aromatic heterocycles. The Morgan fingerprint density at radius 2 is 2.50 bits per heavy atom. The largest absolute Gasteiger partial charge is 0.505 e. The fourth-order valence-corrected chi connectivity index (χ4v) is 0.904. The molecule has 5 heteroatoms. The van der Waals surface area contributed by atoms with Gasteiger partial charge in [-0.2, -0.15) is 0 Å². The fourth-order valence-electron chi connectivity index (χ4n) is 0.904. The van der Waals surface area contributed by atoms with E-state index in [-0.39, 0.29) is 11.4 Å². The van der Waals surface area contributed by atoms with E-state index < -0.39 is 5.91 Å². The van der Waals surface area contributed by atoms with Gasteiger partial charge in [0.1, 0.15) is 5.75 Å². The van der Waals surface area contributed by atoms with Crippen LogP contribution >= 0.6 is 0 Å². The third kappa shape index (κ3) is 2.55. The van der Waals surface area contributed by atoms with Gasteiger partial charge in [0, 0.05) is 12.7 Å². The molecule has 14 heavy (non-hydrogen) atoms. The first-order valence-corrected chi connectivity index (χ1v) is 4.10. The zero-order valence-corrected chi connectivity index (χ0v) is 7.60. The summed E-state index contributed by atoms with van der Waals surface area (Å²) in [5, 5.41) is 11.8. The molecule has 0 aromatic carbocycles. The number of hydrogen-bond donors (Lipinski definition) is 2. The summed E-state index contributed by atoms with van der Waals surface area (Å²) < 4.78 is 0. The van der Waals surface area contributed by atoms with Crippen LogP contribution in [0.15, 0.2) is 23.3 Å². The van der Waals surface area contributed by atoms with E-state index >= 15 is 0 Å². The number of carbonyl (C=O) groups excluding carboxylic acids is 1. The predicted molar refractivity (Wildman–Crippen MR) is 52.7 cm³/mol. The van der Waals surface area contributed by atoms with Crippen LogP contribution < -0.4 is 5.32 Å². The molecule has 0 saturated heterocycles. The summed E-state index contributed by atoms with van der Waals surface area (Å²) in [4.78, 5) is 18.7. The maximum atomic E-state index is 11.3. The molecule has 1 rings (SSSR count). The van der Waals surface area contributed by atoms with Gasteiger partial charge in [-0.15, -0.1) is 0 Å². The lowest BCUT2D eigenvalue weighted by Gasteiger charge is -2.03. The molecule has 0 unspecified atom stereocenters. The van der Waals surface area contributed by atoms with Crippen molar-refractivity contribution in [2.45, 2.75) is 0 Å². The third-order valence-corrected chi connectivity index (χ3v) is 1.56. The zero-order valence-electron chi connectivity index (χ0n) is 7.60. The topological polar surface area (TPSA) is 74.6 Å². The van der Waals surface area contributed by atoms with Crippen molar-refractivity contribution < 1.29 is 9.90 Å². The minimum Gasteiger partial charge on any atom is -0.505 e. The maximum absolute atomic E-state index is 11.3. The van der Waals surface area contributed by atoms with Gasteiger partial charge in [-0.05, 0) is 18.9 Å².